The quantitative estimate of drug-likeness (QED) is 0.720. The van der Waals surface area contributed by atoms with Crippen molar-refractivity contribution in [1.82, 2.24) is 19.7 Å². The second-order valence-electron chi connectivity index (χ2n) is 4.63. The molecule has 2 aromatic heterocycles. The first-order chi connectivity index (χ1) is 10.3. The van der Waals surface area contributed by atoms with Gasteiger partial charge in [-0.25, -0.2) is 4.98 Å². The van der Waals surface area contributed by atoms with E-state index in [9.17, 15) is 0 Å². The van der Waals surface area contributed by atoms with Crippen molar-refractivity contribution in [3.8, 4) is 17.1 Å². The third-order valence-electron chi connectivity index (χ3n) is 3.11. The van der Waals surface area contributed by atoms with Gasteiger partial charge in [-0.05, 0) is 24.3 Å². The van der Waals surface area contributed by atoms with Gasteiger partial charge >= 0.3 is 0 Å². The molecule has 5 heteroatoms. The molecule has 0 saturated heterocycles. The Hall–Kier alpha value is -2.69. The number of pyridine rings is 1. The zero-order valence-electron chi connectivity index (χ0n) is 11.8. The lowest BCUT2D eigenvalue weighted by atomic mass is 10.3. The van der Waals surface area contributed by atoms with Crippen molar-refractivity contribution in [2.75, 3.05) is 6.61 Å². The van der Waals surface area contributed by atoms with Crippen molar-refractivity contribution < 1.29 is 4.74 Å². The number of rotatable bonds is 5. The van der Waals surface area contributed by atoms with Crippen LogP contribution in [0, 0.1) is 0 Å². The van der Waals surface area contributed by atoms with Gasteiger partial charge in [0.25, 0.3) is 0 Å². The molecule has 0 radical (unpaired) electrons. The summed E-state index contributed by atoms with van der Waals surface area (Å²) < 4.78 is 7.47. The number of aryl methyl sites for hydroxylation is 1. The number of nitrogens with zero attached hydrogens (tertiary/aromatic N) is 4. The molecule has 0 bridgehead atoms. The first-order valence-electron chi connectivity index (χ1n) is 6.81. The number of hydrogen-bond acceptors (Lipinski definition) is 4. The van der Waals surface area contributed by atoms with E-state index >= 15 is 0 Å². The van der Waals surface area contributed by atoms with Gasteiger partial charge < -0.3 is 4.74 Å². The molecule has 0 unspecified atom stereocenters. The summed E-state index contributed by atoms with van der Waals surface area (Å²) in [5, 5.41) is 4.42. The lowest BCUT2D eigenvalue weighted by Gasteiger charge is -2.04. The topological polar surface area (TPSA) is 52.8 Å². The highest BCUT2D eigenvalue weighted by Crippen LogP contribution is 2.14. The van der Waals surface area contributed by atoms with Crippen LogP contribution in [-0.2, 0) is 13.5 Å². The van der Waals surface area contributed by atoms with Gasteiger partial charge in [-0.15, -0.1) is 0 Å². The molecule has 3 aromatic rings. The fourth-order valence-corrected chi connectivity index (χ4v) is 2.03. The zero-order chi connectivity index (χ0) is 14.5. The van der Waals surface area contributed by atoms with E-state index in [2.05, 4.69) is 15.1 Å². The summed E-state index contributed by atoms with van der Waals surface area (Å²) in [5.74, 6) is 2.46. The summed E-state index contributed by atoms with van der Waals surface area (Å²) in [5.41, 5.74) is 0.920. The van der Waals surface area contributed by atoms with E-state index in [1.807, 2.05) is 49.5 Å². The summed E-state index contributed by atoms with van der Waals surface area (Å²) >= 11 is 0. The van der Waals surface area contributed by atoms with E-state index in [-0.39, 0.29) is 0 Å². The van der Waals surface area contributed by atoms with E-state index in [4.69, 9.17) is 4.74 Å². The van der Waals surface area contributed by atoms with Crippen LogP contribution in [0.2, 0.25) is 0 Å². The highest BCUT2D eigenvalue weighted by atomic mass is 16.5. The minimum Gasteiger partial charge on any atom is -0.493 e. The molecule has 21 heavy (non-hydrogen) atoms. The molecule has 2 heterocycles. The van der Waals surface area contributed by atoms with E-state index in [0.29, 0.717) is 18.9 Å². The van der Waals surface area contributed by atoms with E-state index < -0.39 is 0 Å². The third-order valence-corrected chi connectivity index (χ3v) is 3.11. The second-order valence-corrected chi connectivity index (χ2v) is 4.63. The zero-order valence-corrected chi connectivity index (χ0v) is 11.8. The average molecular weight is 280 g/mol. The molecular formula is C16H16N4O. The predicted octanol–water partition coefficient (Wildman–Crippen LogP) is 2.50. The van der Waals surface area contributed by atoms with Gasteiger partial charge in [0, 0.05) is 31.4 Å². The molecule has 0 saturated carbocycles. The van der Waals surface area contributed by atoms with Gasteiger partial charge in [-0.3, -0.25) is 9.67 Å². The minimum atomic E-state index is 0.572. The Kier molecular flexibility index (Phi) is 3.91. The molecule has 0 spiro atoms. The Morgan fingerprint density at radius 3 is 2.71 bits per heavy atom. The molecule has 0 N–H and O–H groups in total. The standard InChI is InChI=1S/C16H16N4O/c1-20-15(9-11-21-14-7-3-2-4-8-14)18-16(19-20)13-6-5-10-17-12-13/h2-8,10,12H,9,11H2,1H3. The van der Waals surface area contributed by atoms with Crippen LogP contribution in [0.15, 0.2) is 54.9 Å². The van der Waals surface area contributed by atoms with Crippen LogP contribution >= 0.6 is 0 Å². The molecule has 0 atom stereocenters. The second kappa shape index (κ2) is 6.17. The van der Waals surface area contributed by atoms with Gasteiger partial charge in [0.2, 0.25) is 0 Å². The van der Waals surface area contributed by atoms with Crippen LogP contribution < -0.4 is 4.74 Å². The lowest BCUT2D eigenvalue weighted by Crippen LogP contribution is -2.06. The Labute approximate surface area is 123 Å². The number of ether oxygens (including phenoxy) is 1. The molecular weight excluding hydrogens is 264 g/mol. The van der Waals surface area contributed by atoms with Crippen molar-refractivity contribution in [3.05, 3.63) is 60.7 Å². The molecule has 0 aliphatic rings. The van der Waals surface area contributed by atoms with Crippen molar-refractivity contribution in [3.63, 3.8) is 0 Å². The van der Waals surface area contributed by atoms with E-state index in [0.717, 1.165) is 17.1 Å². The fraction of sp³-hybridized carbons (Fsp3) is 0.188. The number of aromatic nitrogens is 4. The number of benzene rings is 1. The largest absolute Gasteiger partial charge is 0.493 e. The fourth-order valence-electron chi connectivity index (χ4n) is 2.03. The average Bonchev–Trinajstić information content (AvgIpc) is 2.91. The van der Waals surface area contributed by atoms with Crippen LogP contribution in [0.25, 0.3) is 11.4 Å². The summed E-state index contributed by atoms with van der Waals surface area (Å²) in [6, 6.07) is 13.6. The first-order valence-corrected chi connectivity index (χ1v) is 6.81. The first kappa shape index (κ1) is 13.3. The maximum atomic E-state index is 5.69. The lowest BCUT2D eigenvalue weighted by molar-refractivity contribution is 0.317. The molecule has 5 nitrogen and oxygen atoms in total. The molecule has 0 amide bonds. The van der Waals surface area contributed by atoms with Crippen molar-refractivity contribution in [2.45, 2.75) is 6.42 Å². The SMILES string of the molecule is Cn1nc(-c2cccnc2)nc1CCOc1ccccc1. The van der Waals surface area contributed by atoms with Gasteiger partial charge in [0.05, 0.1) is 6.61 Å². The predicted molar refractivity (Wildman–Crippen MR) is 79.9 cm³/mol. The highest BCUT2D eigenvalue weighted by Gasteiger charge is 2.09. The molecule has 1 aromatic carbocycles. The highest BCUT2D eigenvalue weighted by molar-refractivity contribution is 5.52. The van der Waals surface area contributed by atoms with E-state index in [1.165, 1.54) is 0 Å². The monoisotopic (exact) mass is 280 g/mol. The van der Waals surface area contributed by atoms with E-state index in [1.54, 1.807) is 17.1 Å². The summed E-state index contributed by atoms with van der Waals surface area (Å²) in [4.78, 5) is 8.63. The Bertz CT molecular complexity index is 695. The number of hydrogen-bond donors (Lipinski definition) is 0. The van der Waals surface area contributed by atoms with Crippen LogP contribution in [0.5, 0.6) is 5.75 Å². The number of para-hydroxylation sites is 1. The Morgan fingerprint density at radius 2 is 1.95 bits per heavy atom. The van der Waals surface area contributed by atoms with Crippen molar-refractivity contribution in [1.29, 1.82) is 0 Å². The smallest absolute Gasteiger partial charge is 0.182 e. The molecule has 0 fully saturated rings. The van der Waals surface area contributed by atoms with Crippen LogP contribution in [0.4, 0.5) is 0 Å². The van der Waals surface area contributed by atoms with Crippen LogP contribution in [0.3, 0.4) is 0 Å². The summed E-state index contributed by atoms with van der Waals surface area (Å²) in [6.45, 7) is 0.572. The Balaban J connectivity index is 1.65. The van der Waals surface area contributed by atoms with Gasteiger partial charge in [-0.2, -0.15) is 5.10 Å². The normalized spacial score (nSPS) is 10.5. The molecule has 106 valence electrons. The molecule has 0 aliphatic carbocycles. The van der Waals surface area contributed by atoms with Crippen molar-refractivity contribution in [2.24, 2.45) is 7.05 Å². The Morgan fingerprint density at radius 1 is 1.10 bits per heavy atom. The third kappa shape index (κ3) is 3.25. The van der Waals surface area contributed by atoms with Gasteiger partial charge in [-0.1, -0.05) is 18.2 Å². The maximum Gasteiger partial charge on any atom is 0.182 e. The maximum absolute atomic E-state index is 5.69. The molecule has 3 rings (SSSR count). The van der Waals surface area contributed by atoms with Crippen LogP contribution in [0.1, 0.15) is 5.82 Å². The minimum absolute atomic E-state index is 0.572. The molecule has 0 aliphatic heterocycles. The van der Waals surface area contributed by atoms with Crippen molar-refractivity contribution >= 4 is 0 Å². The van der Waals surface area contributed by atoms with Gasteiger partial charge in [0.1, 0.15) is 11.6 Å². The summed E-state index contributed by atoms with van der Waals surface area (Å²) in [7, 11) is 1.89. The van der Waals surface area contributed by atoms with Gasteiger partial charge in [0.15, 0.2) is 5.82 Å². The summed E-state index contributed by atoms with van der Waals surface area (Å²) in [6.07, 6.45) is 4.21. The van der Waals surface area contributed by atoms with Crippen LogP contribution in [-0.4, -0.2) is 26.4 Å².